The minimum atomic E-state index is -4.48. The fraction of sp³-hybridized carbons (Fsp3) is 0.700. The highest BCUT2D eigenvalue weighted by Crippen LogP contribution is 2.46. The molecule has 5 nitrogen and oxygen atoms in total. The van der Waals surface area contributed by atoms with Crippen molar-refractivity contribution in [3.8, 4) is 0 Å². The lowest BCUT2D eigenvalue weighted by atomic mass is 9.86. The molecule has 2 aliphatic heterocycles. The van der Waals surface area contributed by atoms with E-state index in [1.165, 1.54) is 6.07 Å². The van der Waals surface area contributed by atoms with Crippen molar-refractivity contribution in [1.29, 1.82) is 0 Å². The highest BCUT2D eigenvalue weighted by Gasteiger charge is 2.51. The van der Waals surface area contributed by atoms with Gasteiger partial charge in [-0.2, -0.15) is 13.2 Å². The smallest absolute Gasteiger partial charge is 0.356 e. The first-order valence-electron chi connectivity index (χ1n) is 10.1. The minimum Gasteiger partial charge on any atom is -0.356 e. The van der Waals surface area contributed by atoms with Gasteiger partial charge in [0.1, 0.15) is 17.7 Å². The van der Waals surface area contributed by atoms with E-state index in [0.29, 0.717) is 25.3 Å². The number of anilines is 1. The van der Waals surface area contributed by atoms with Crippen molar-refractivity contribution in [3.05, 3.63) is 23.9 Å². The molecule has 9 heteroatoms. The van der Waals surface area contributed by atoms with Gasteiger partial charge in [-0.25, -0.2) is 14.2 Å². The highest BCUT2D eigenvalue weighted by molar-refractivity contribution is 5.76. The molecule has 29 heavy (non-hydrogen) atoms. The van der Waals surface area contributed by atoms with Crippen molar-refractivity contribution >= 4 is 11.8 Å². The number of rotatable bonds is 2. The van der Waals surface area contributed by atoms with Crippen LogP contribution in [0.5, 0.6) is 0 Å². The second-order valence-electron chi connectivity index (χ2n) is 8.87. The van der Waals surface area contributed by atoms with E-state index >= 15 is 0 Å². The number of hydrogen-bond acceptors (Lipinski definition) is 3. The number of aromatic nitrogens is 1. The lowest BCUT2D eigenvalue weighted by molar-refractivity contribution is -0.141. The number of alkyl halides is 4. The number of carbonyl (C=O) groups is 1. The molecule has 0 bridgehead atoms. The second kappa shape index (κ2) is 7.02. The summed E-state index contributed by atoms with van der Waals surface area (Å²) in [4.78, 5) is 20.0. The Balaban J connectivity index is 1.46. The van der Waals surface area contributed by atoms with Gasteiger partial charge in [-0.15, -0.1) is 0 Å². The second-order valence-corrected chi connectivity index (χ2v) is 8.87. The first-order valence-corrected chi connectivity index (χ1v) is 10.1. The highest BCUT2D eigenvalue weighted by atomic mass is 19.4. The molecule has 2 saturated heterocycles. The number of nitrogens with one attached hydrogen (secondary N) is 1. The Morgan fingerprint density at radius 3 is 2.69 bits per heavy atom. The van der Waals surface area contributed by atoms with Gasteiger partial charge in [0.25, 0.3) is 0 Å². The van der Waals surface area contributed by atoms with Crippen molar-refractivity contribution in [3.63, 3.8) is 0 Å². The SMILES string of the molecule is CC1C[C@@H](F)CN1C(=O)NC1(C)CCC2CN(c3cccc(C(F)(F)F)n3)C[C@@H]21. The maximum absolute atomic E-state index is 13.6. The normalized spacial score (nSPS) is 34.6. The molecule has 1 aromatic rings. The van der Waals surface area contributed by atoms with E-state index in [1.54, 1.807) is 11.0 Å². The molecule has 3 fully saturated rings. The standard InChI is InChI=1S/C20H26F4N4O/c1-12-8-14(21)10-28(12)18(29)26-19(2)7-6-13-9-27(11-15(13)19)17-5-3-4-16(25-17)20(22,23)24/h3-5,12-15H,6-11H2,1-2H3,(H,26,29)/t12?,13?,14-,15+,19?/m1/s1. The summed E-state index contributed by atoms with van der Waals surface area (Å²) in [5, 5.41) is 3.12. The summed E-state index contributed by atoms with van der Waals surface area (Å²) in [5.74, 6) is 0.708. The van der Waals surface area contributed by atoms with E-state index in [-0.39, 0.29) is 30.5 Å². The van der Waals surface area contributed by atoms with Crippen LogP contribution in [-0.4, -0.2) is 53.3 Å². The zero-order chi connectivity index (χ0) is 21.0. The Labute approximate surface area is 167 Å². The molecule has 0 radical (unpaired) electrons. The number of fused-ring (bicyclic) bond motifs is 1. The summed E-state index contributed by atoms with van der Waals surface area (Å²) >= 11 is 0. The van der Waals surface area contributed by atoms with Crippen molar-refractivity contribution in [2.24, 2.45) is 11.8 Å². The van der Waals surface area contributed by atoms with E-state index in [4.69, 9.17) is 0 Å². The van der Waals surface area contributed by atoms with Gasteiger partial charge < -0.3 is 15.1 Å². The van der Waals surface area contributed by atoms with Gasteiger partial charge in [-0.3, -0.25) is 0 Å². The topological polar surface area (TPSA) is 48.5 Å². The molecule has 1 aliphatic carbocycles. The van der Waals surface area contributed by atoms with Crippen LogP contribution in [0.1, 0.15) is 38.8 Å². The van der Waals surface area contributed by atoms with Crippen LogP contribution in [0, 0.1) is 11.8 Å². The molecule has 3 unspecified atom stereocenters. The van der Waals surface area contributed by atoms with Crippen LogP contribution in [0.2, 0.25) is 0 Å². The first-order chi connectivity index (χ1) is 13.6. The van der Waals surface area contributed by atoms with E-state index in [2.05, 4.69) is 10.3 Å². The number of amides is 2. The fourth-order valence-corrected chi connectivity index (χ4v) is 5.22. The van der Waals surface area contributed by atoms with E-state index < -0.39 is 23.6 Å². The molecule has 1 N–H and O–H groups in total. The third-order valence-electron chi connectivity index (χ3n) is 6.82. The monoisotopic (exact) mass is 414 g/mol. The van der Waals surface area contributed by atoms with Gasteiger partial charge in [0.05, 0.1) is 6.54 Å². The van der Waals surface area contributed by atoms with Crippen LogP contribution >= 0.6 is 0 Å². The maximum Gasteiger partial charge on any atom is 0.433 e. The van der Waals surface area contributed by atoms with Gasteiger partial charge in [0.15, 0.2) is 0 Å². The number of hydrogen-bond donors (Lipinski definition) is 1. The number of carbonyl (C=O) groups excluding carboxylic acids is 1. The summed E-state index contributed by atoms with van der Waals surface area (Å²) in [6, 6.07) is 3.55. The molecular weight excluding hydrogens is 388 g/mol. The van der Waals surface area contributed by atoms with Gasteiger partial charge in [0.2, 0.25) is 0 Å². The molecule has 1 saturated carbocycles. The summed E-state index contributed by atoms with van der Waals surface area (Å²) < 4.78 is 52.6. The molecule has 3 heterocycles. The average Bonchev–Trinajstić information content (AvgIpc) is 3.30. The summed E-state index contributed by atoms with van der Waals surface area (Å²) in [7, 11) is 0. The average molecular weight is 414 g/mol. The Morgan fingerprint density at radius 2 is 2.03 bits per heavy atom. The molecule has 5 atom stereocenters. The summed E-state index contributed by atoms with van der Waals surface area (Å²) in [6.07, 6.45) is -3.42. The zero-order valence-corrected chi connectivity index (χ0v) is 16.5. The van der Waals surface area contributed by atoms with Crippen molar-refractivity contribution in [2.45, 2.75) is 57.0 Å². The summed E-state index contributed by atoms with van der Waals surface area (Å²) in [6.45, 7) is 5.10. The first kappa shape index (κ1) is 20.2. The Kier molecular flexibility index (Phi) is 4.90. The van der Waals surface area contributed by atoms with E-state index in [1.807, 2.05) is 18.7 Å². The molecule has 0 spiro atoms. The van der Waals surface area contributed by atoms with Gasteiger partial charge in [-0.05, 0) is 44.7 Å². The maximum atomic E-state index is 13.6. The van der Waals surface area contributed by atoms with Crippen LogP contribution in [0.15, 0.2) is 18.2 Å². The number of nitrogens with zero attached hydrogens (tertiary/aromatic N) is 3. The largest absolute Gasteiger partial charge is 0.433 e. The van der Waals surface area contributed by atoms with Crippen LogP contribution in [0.25, 0.3) is 0 Å². The summed E-state index contributed by atoms with van der Waals surface area (Å²) in [5.41, 5.74) is -1.36. The number of urea groups is 1. The molecule has 1 aromatic heterocycles. The quantitative estimate of drug-likeness (QED) is 0.748. The van der Waals surface area contributed by atoms with Gasteiger partial charge >= 0.3 is 12.2 Å². The lowest BCUT2D eigenvalue weighted by Gasteiger charge is -2.35. The number of pyridine rings is 1. The third-order valence-corrected chi connectivity index (χ3v) is 6.82. The number of likely N-dealkylation sites (tertiary alicyclic amines) is 1. The predicted octanol–water partition coefficient (Wildman–Crippen LogP) is 3.85. The van der Waals surface area contributed by atoms with Crippen LogP contribution in [-0.2, 0) is 6.18 Å². The molecule has 3 aliphatic rings. The molecule has 0 aromatic carbocycles. The van der Waals surface area contributed by atoms with E-state index in [0.717, 1.165) is 18.9 Å². The molecule has 4 rings (SSSR count). The Morgan fingerprint density at radius 1 is 1.28 bits per heavy atom. The zero-order valence-electron chi connectivity index (χ0n) is 16.5. The Bertz CT molecular complexity index is 788. The molecule has 160 valence electrons. The van der Waals surface area contributed by atoms with Crippen molar-refractivity contribution in [2.75, 3.05) is 24.5 Å². The fourth-order valence-electron chi connectivity index (χ4n) is 5.22. The molecular formula is C20H26F4N4O. The van der Waals surface area contributed by atoms with Crippen LogP contribution in [0.4, 0.5) is 28.2 Å². The van der Waals surface area contributed by atoms with Gasteiger partial charge in [0, 0.05) is 37.0 Å². The van der Waals surface area contributed by atoms with Crippen LogP contribution in [0.3, 0.4) is 0 Å². The lowest BCUT2D eigenvalue weighted by Crippen LogP contribution is -2.55. The van der Waals surface area contributed by atoms with Crippen molar-refractivity contribution < 1.29 is 22.4 Å². The van der Waals surface area contributed by atoms with Crippen LogP contribution < -0.4 is 10.2 Å². The minimum absolute atomic E-state index is 0.109. The molecule has 2 amide bonds. The third kappa shape index (κ3) is 3.75. The van der Waals surface area contributed by atoms with Crippen molar-refractivity contribution in [1.82, 2.24) is 15.2 Å². The van der Waals surface area contributed by atoms with E-state index in [9.17, 15) is 22.4 Å². The van der Waals surface area contributed by atoms with Gasteiger partial charge in [-0.1, -0.05) is 6.07 Å². The predicted molar refractivity (Wildman–Crippen MR) is 100 cm³/mol. The number of halogens is 4. The Hall–Kier alpha value is -2.06.